The van der Waals surface area contributed by atoms with Crippen LogP contribution in [0.4, 0.5) is 0 Å². The van der Waals surface area contributed by atoms with E-state index in [0.29, 0.717) is 5.56 Å². The number of benzene rings is 1. The van der Waals surface area contributed by atoms with Crippen molar-refractivity contribution in [1.82, 2.24) is 4.98 Å². The third-order valence-corrected chi connectivity index (χ3v) is 2.19. The molecule has 1 heterocycles. The van der Waals surface area contributed by atoms with E-state index in [1.54, 1.807) is 36.7 Å². The van der Waals surface area contributed by atoms with Gasteiger partial charge in [-0.3, -0.25) is 9.78 Å². The van der Waals surface area contributed by atoms with E-state index in [1.165, 1.54) is 0 Å². The van der Waals surface area contributed by atoms with E-state index in [0.717, 1.165) is 5.56 Å². The zero-order valence-corrected chi connectivity index (χ0v) is 8.71. The molecule has 2 rings (SSSR count). The van der Waals surface area contributed by atoms with E-state index in [2.05, 4.69) is 4.98 Å². The summed E-state index contributed by atoms with van der Waals surface area (Å²) in [6.45, 7) is 0. The molecule has 1 aromatic carbocycles. The summed E-state index contributed by atoms with van der Waals surface area (Å²) >= 11 is 0. The van der Waals surface area contributed by atoms with Gasteiger partial charge in [-0.15, -0.1) is 0 Å². The van der Waals surface area contributed by atoms with Gasteiger partial charge < -0.3 is 0 Å². The van der Waals surface area contributed by atoms with Crippen LogP contribution in [-0.2, 0) is 0 Å². The fraction of sp³-hybridized carbons (Fsp3) is 0. The minimum absolute atomic E-state index is 0.0115. The Balaban J connectivity index is 2.12. The predicted molar refractivity (Wildman–Crippen MR) is 64.0 cm³/mol. The van der Waals surface area contributed by atoms with Gasteiger partial charge in [0.15, 0.2) is 5.78 Å². The molecule has 0 aliphatic rings. The second kappa shape index (κ2) is 5.03. The normalized spacial score (nSPS) is 10.5. The summed E-state index contributed by atoms with van der Waals surface area (Å²) in [5, 5.41) is 0. The lowest BCUT2D eigenvalue weighted by atomic mass is 10.1. The first-order chi connectivity index (χ1) is 7.86. The molecule has 0 radical (unpaired) electrons. The van der Waals surface area contributed by atoms with Crippen molar-refractivity contribution in [2.24, 2.45) is 0 Å². The largest absolute Gasteiger partial charge is 0.289 e. The quantitative estimate of drug-likeness (QED) is 0.574. The molecule has 0 atom stereocenters. The number of aromatic nitrogens is 1. The maximum absolute atomic E-state index is 11.7. The fourth-order valence-corrected chi connectivity index (χ4v) is 1.35. The van der Waals surface area contributed by atoms with Crippen LogP contribution < -0.4 is 0 Å². The van der Waals surface area contributed by atoms with Crippen molar-refractivity contribution in [3.8, 4) is 0 Å². The topological polar surface area (TPSA) is 30.0 Å². The van der Waals surface area contributed by atoms with Crippen molar-refractivity contribution >= 4 is 11.9 Å². The second-order valence-electron chi connectivity index (χ2n) is 3.34. The van der Waals surface area contributed by atoms with Crippen LogP contribution >= 0.6 is 0 Å². The van der Waals surface area contributed by atoms with Gasteiger partial charge in [0, 0.05) is 18.0 Å². The lowest BCUT2D eigenvalue weighted by molar-refractivity contribution is 0.104. The van der Waals surface area contributed by atoms with Gasteiger partial charge in [-0.2, -0.15) is 0 Å². The fourth-order valence-electron chi connectivity index (χ4n) is 1.35. The van der Waals surface area contributed by atoms with Crippen LogP contribution in [0.25, 0.3) is 6.08 Å². The maximum Gasteiger partial charge on any atom is 0.185 e. The summed E-state index contributed by atoms with van der Waals surface area (Å²) in [4.78, 5) is 15.6. The first kappa shape index (κ1) is 10.3. The third-order valence-electron chi connectivity index (χ3n) is 2.19. The highest BCUT2D eigenvalue weighted by atomic mass is 16.1. The Morgan fingerprint density at radius 2 is 1.69 bits per heavy atom. The molecule has 2 heteroatoms. The summed E-state index contributed by atoms with van der Waals surface area (Å²) in [6, 6.07) is 12.9. The second-order valence-corrected chi connectivity index (χ2v) is 3.34. The van der Waals surface area contributed by atoms with Crippen LogP contribution in [0.3, 0.4) is 0 Å². The molecule has 0 bridgehead atoms. The number of rotatable bonds is 3. The minimum Gasteiger partial charge on any atom is -0.289 e. The monoisotopic (exact) mass is 209 g/mol. The Hall–Kier alpha value is -2.22. The van der Waals surface area contributed by atoms with Gasteiger partial charge in [-0.05, 0) is 23.8 Å². The number of hydrogen-bond acceptors (Lipinski definition) is 2. The number of carbonyl (C=O) groups excluding carboxylic acids is 1. The Morgan fingerprint density at radius 3 is 2.38 bits per heavy atom. The van der Waals surface area contributed by atoms with E-state index < -0.39 is 0 Å². The number of allylic oxidation sites excluding steroid dienone is 1. The van der Waals surface area contributed by atoms with Crippen molar-refractivity contribution in [2.75, 3.05) is 0 Å². The molecule has 0 saturated carbocycles. The summed E-state index contributed by atoms with van der Waals surface area (Å²) in [5.74, 6) is 0.0115. The average Bonchev–Trinajstić information content (AvgIpc) is 2.38. The number of hydrogen-bond donors (Lipinski definition) is 0. The van der Waals surface area contributed by atoms with Crippen molar-refractivity contribution in [3.05, 3.63) is 72.1 Å². The van der Waals surface area contributed by atoms with Crippen LogP contribution in [0.1, 0.15) is 15.9 Å². The molecule has 0 aliphatic heterocycles. The van der Waals surface area contributed by atoms with E-state index in [-0.39, 0.29) is 5.78 Å². The van der Waals surface area contributed by atoms with E-state index in [4.69, 9.17) is 0 Å². The third kappa shape index (κ3) is 2.64. The van der Waals surface area contributed by atoms with Crippen molar-refractivity contribution in [1.29, 1.82) is 0 Å². The first-order valence-corrected chi connectivity index (χ1v) is 5.04. The number of pyridine rings is 1. The van der Waals surface area contributed by atoms with Crippen molar-refractivity contribution < 1.29 is 4.79 Å². The number of ketones is 1. The Labute approximate surface area is 94.3 Å². The van der Waals surface area contributed by atoms with Gasteiger partial charge in [0.2, 0.25) is 0 Å². The lowest BCUT2D eigenvalue weighted by Crippen LogP contribution is -1.92. The first-order valence-electron chi connectivity index (χ1n) is 5.04. The van der Waals surface area contributed by atoms with Crippen LogP contribution in [-0.4, -0.2) is 10.8 Å². The average molecular weight is 209 g/mol. The molecule has 2 nitrogen and oxygen atoms in total. The highest BCUT2D eigenvalue weighted by Crippen LogP contribution is 2.04. The van der Waals surface area contributed by atoms with E-state index in [1.807, 2.05) is 30.3 Å². The molecular weight excluding hydrogens is 198 g/mol. The van der Waals surface area contributed by atoms with Gasteiger partial charge in [0.1, 0.15) is 0 Å². The zero-order chi connectivity index (χ0) is 11.2. The van der Waals surface area contributed by atoms with Crippen LogP contribution in [0.5, 0.6) is 0 Å². The molecule has 0 unspecified atom stereocenters. The lowest BCUT2D eigenvalue weighted by Gasteiger charge is -1.94. The Morgan fingerprint density at radius 1 is 1.00 bits per heavy atom. The summed E-state index contributed by atoms with van der Waals surface area (Å²) in [6.07, 6.45) is 6.76. The molecule has 0 aliphatic carbocycles. The van der Waals surface area contributed by atoms with Crippen molar-refractivity contribution in [2.45, 2.75) is 0 Å². The molecule has 2 aromatic rings. The predicted octanol–water partition coefficient (Wildman–Crippen LogP) is 2.98. The van der Waals surface area contributed by atoms with E-state index >= 15 is 0 Å². The summed E-state index contributed by atoms with van der Waals surface area (Å²) in [7, 11) is 0. The van der Waals surface area contributed by atoms with Crippen LogP contribution in [0.15, 0.2) is 60.9 Å². The standard InChI is InChI=1S/C14H11NO/c16-14(13-4-2-1-3-5-13)7-6-12-8-10-15-11-9-12/h1-11H/b7-6+. The summed E-state index contributed by atoms with van der Waals surface area (Å²) < 4.78 is 0. The smallest absolute Gasteiger partial charge is 0.185 e. The molecule has 78 valence electrons. The van der Waals surface area contributed by atoms with Gasteiger partial charge in [-0.1, -0.05) is 36.4 Å². The molecule has 0 saturated heterocycles. The van der Waals surface area contributed by atoms with Gasteiger partial charge in [0.05, 0.1) is 0 Å². The van der Waals surface area contributed by atoms with E-state index in [9.17, 15) is 4.79 Å². The molecule has 0 amide bonds. The van der Waals surface area contributed by atoms with Gasteiger partial charge in [-0.25, -0.2) is 0 Å². The summed E-state index contributed by atoms with van der Waals surface area (Å²) in [5.41, 5.74) is 1.67. The Kier molecular flexibility index (Phi) is 3.24. The SMILES string of the molecule is O=C(/C=C/c1ccncc1)c1ccccc1. The Bertz CT molecular complexity index is 489. The van der Waals surface area contributed by atoms with Crippen molar-refractivity contribution in [3.63, 3.8) is 0 Å². The number of carbonyl (C=O) groups is 1. The van der Waals surface area contributed by atoms with Gasteiger partial charge in [0.25, 0.3) is 0 Å². The zero-order valence-electron chi connectivity index (χ0n) is 8.71. The molecule has 0 N–H and O–H groups in total. The number of nitrogens with zero attached hydrogens (tertiary/aromatic N) is 1. The molecule has 16 heavy (non-hydrogen) atoms. The highest BCUT2D eigenvalue weighted by molar-refractivity contribution is 6.06. The molecule has 0 fully saturated rings. The minimum atomic E-state index is 0.0115. The highest BCUT2D eigenvalue weighted by Gasteiger charge is 1.98. The molecule has 1 aromatic heterocycles. The van der Waals surface area contributed by atoms with Gasteiger partial charge >= 0.3 is 0 Å². The molecule has 0 spiro atoms. The molecular formula is C14H11NO. The van der Waals surface area contributed by atoms with Crippen LogP contribution in [0.2, 0.25) is 0 Å². The van der Waals surface area contributed by atoms with Crippen LogP contribution in [0, 0.1) is 0 Å². The maximum atomic E-state index is 11.7.